The summed E-state index contributed by atoms with van der Waals surface area (Å²) in [6.07, 6.45) is 4.84. The van der Waals surface area contributed by atoms with E-state index in [1.165, 1.54) is 0 Å². The van der Waals surface area contributed by atoms with Crippen LogP contribution in [-0.4, -0.2) is 53.2 Å². The van der Waals surface area contributed by atoms with Crippen molar-refractivity contribution in [1.82, 2.24) is 20.0 Å². The Morgan fingerprint density at radius 3 is 2.90 bits per heavy atom. The fourth-order valence-electron chi connectivity index (χ4n) is 2.56. The summed E-state index contributed by atoms with van der Waals surface area (Å²) in [4.78, 5) is 15.0. The van der Waals surface area contributed by atoms with Gasteiger partial charge in [-0.1, -0.05) is 0 Å². The number of carbonyl (C=O) groups is 1. The fraction of sp³-hybridized carbons (Fsp3) is 0.714. The summed E-state index contributed by atoms with van der Waals surface area (Å²) < 4.78 is 2.60. The van der Waals surface area contributed by atoms with E-state index in [1.54, 1.807) is 6.20 Å². The van der Waals surface area contributed by atoms with Gasteiger partial charge in [0.05, 0.1) is 22.8 Å². The number of nitrogens with zero attached hydrogens (tertiary/aromatic N) is 3. The Balaban J connectivity index is 2.22. The monoisotopic (exact) mass is 342 g/mol. The molecule has 1 aromatic heterocycles. The van der Waals surface area contributed by atoms with E-state index in [-0.39, 0.29) is 5.78 Å². The van der Waals surface area contributed by atoms with Crippen molar-refractivity contribution in [3.05, 3.63) is 16.4 Å². The lowest BCUT2D eigenvalue weighted by atomic mass is 9.85. The molecular weight excluding hydrogens is 320 g/mol. The SMILES string of the molecule is CN(C)CCn1ncc(Br)c1C(=O)C1(C)CCCCN1. The molecule has 1 aliphatic rings. The van der Waals surface area contributed by atoms with Crippen LogP contribution >= 0.6 is 15.9 Å². The Morgan fingerprint density at radius 1 is 1.55 bits per heavy atom. The molecule has 1 atom stereocenters. The molecule has 0 spiro atoms. The Hall–Kier alpha value is -0.720. The summed E-state index contributed by atoms with van der Waals surface area (Å²) in [5, 5.41) is 7.71. The highest BCUT2D eigenvalue weighted by Gasteiger charge is 2.37. The first-order valence-electron chi connectivity index (χ1n) is 7.10. The summed E-state index contributed by atoms with van der Waals surface area (Å²) in [6.45, 7) is 4.49. The molecule has 0 aliphatic carbocycles. The van der Waals surface area contributed by atoms with Gasteiger partial charge in [0, 0.05) is 6.54 Å². The van der Waals surface area contributed by atoms with Crippen molar-refractivity contribution in [1.29, 1.82) is 0 Å². The van der Waals surface area contributed by atoms with Gasteiger partial charge in [0.15, 0.2) is 0 Å². The molecule has 0 aromatic carbocycles. The summed E-state index contributed by atoms with van der Waals surface area (Å²) in [6, 6.07) is 0. The summed E-state index contributed by atoms with van der Waals surface area (Å²) in [7, 11) is 4.04. The first-order valence-corrected chi connectivity index (χ1v) is 7.89. The van der Waals surface area contributed by atoms with Gasteiger partial charge in [0.2, 0.25) is 5.78 Å². The van der Waals surface area contributed by atoms with Gasteiger partial charge < -0.3 is 10.2 Å². The predicted molar refractivity (Wildman–Crippen MR) is 83.1 cm³/mol. The quantitative estimate of drug-likeness (QED) is 0.830. The Morgan fingerprint density at radius 2 is 2.30 bits per heavy atom. The Bertz CT molecular complexity index is 478. The normalized spacial score (nSPS) is 23.2. The minimum absolute atomic E-state index is 0.139. The topological polar surface area (TPSA) is 50.2 Å². The largest absolute Gasteiger partial charge is 0.308 e. The molecule has 2 heterocycles. The molecule has 5 nitrogen and oxygen atoms in total. The van der Waals surface area contributed by atoms with Crippen LogP contribution in [0.1, 0.15) is 36.7 Å². The maximum absolute atomic E-state index is 12.9. The molecule has 1 aromatic rings. The lowest BCUT2D eigenvalue weighted by molar-refractivity contribution is 0.0821. The van der Waals surface area contributed by atoms with E-state index in [0.29, 0.717) is 5.69 Å². The minimum atomic E-state index is -0.462. The first-order chi connectivity index (χ1) is 9.44. The zero-order chi connectivity index (χ0) is 14.8. The van der Waals surface area contributed by atoms with E-state index in [0.717, 1.165) is 43.4 Å². The lowest BCUT2D eigenvalue weighted by Crippen LogP contribution is -2.52. The highest BCUT2D eigenvalue weighted by atomic mass is 79.9. The second kappa shape index (κ2) is 6.37. The van der Waals surface area contributed by atoms with Gasteiger partial charge in [-0.05, 0) is 62.8 Å². The van der Waals surface area contributed by atoms with Gasteiger partial charge in [0.1, 0.15) is 5.69 Å². The molecule has 1 aliphatic heterocycles. The third-order valence-electron chi connectivity index (χ3n) is 3.89. The molecular formula is C14H23BrN4O. The summed E-state index contributed by atoms with van der Waals surface area (Å²) in [5.41, 5.74) is 0.222. The zero-order valence-electron chi connectivity index (χ0n) is 12.4. The number of likely N-dealkylation sites (N-methyl/N-ethyl adjacent to an activating group) is 1. The second-order valence-electron chi connectivity index (χ2n) is 5.91. The average Bonchev–Trinajstić information content (AvgIpc) is 2.77. The molecule has 6 heteroatoms. The lowest BCUT2D eigenvalue weighted by Gasteiger charge is -2.33. The van der Waals surface area contributed by atoms with Gasteiger partial charge in [-0.3, -0.25) is 9.48 Å². The number of piperidine rings is 1. The molecule has 0 bridgehead atoms. The molecule has 0 amide bonds. The second-order valence-corrected chi connectivity index (χ2v) is 6.77. The maximum Gasteiger partial charge on any atom is 0.201 e. The summed E-state index contributed by atoms with van der Waals surface area (Å²) >= 11 is 3.47. The number of Topliss-reactive ketones (excluding diaryl/α,β-unsaturated/α-hetero) is 1. The molecule has 2 rings (SSSR count). The zero-order valence-corrected chi connectivity index (χ0v) is 14.0. The van der Waals surface area contributed by atoms with Crippen LogP contribution in [-0.2, 0) is 6.54 Å². The number of ketones is 1. The highest BCUT2D eigenvalue weighted by molar-refractivity contribution is 9.10. The van der Waals surface area contributed by atoms with E-state index in [4.69, 9.17) is 0 Å². The van der Waals surface area contributed by atoms with E-state index in [9.17, 15) is 4.79 Å². The number of aromatic nitrogens is 2. The van der Waals surface area contributed by atoms with Crippen molar-refractivity contribution in [3.8, 4) is 0 Å². The van der Waals surface area contributed by atoms with Crippen molar-refractivity contribution in [2.75, 3.05) is 27.2 Å². The number of nitrogens with one attached hydrogen (secondary N) is 1. The van der Waals surface area contributed by atoms with Crippen molar-refractivity contribution in [2.24, 2.45) is 0 Å². The standard InChI is InChI=1S/C14H23BrN4O/c1-14(6-4-5-7-16-14)13(20)12-11(15)10-17-19(12)9-8-18(2)3/h10,16H,4-9H2,1-3H3. The van der Waals surface area contributed by atoms with Gasteiger partial charge in [-0.25, -0.2) is 0 Å². The fourth-order valence-corrected chi connectivity index (χ4v) is 3.04. The van der Waals surface area contributed by atoms with Crippen molar-refractivity contribution < 1.29 is 4.79 Å². The average molecular weight is 343 g/mol. The van der Waals surface area contributed by atoms with Crippen molar-refractivity contribution in [3.63, 3.8) is 0 Å². The molecule has 0 saturated carbocycles. The van der Waals surface area contributed by atoms with Crippen molar-refractivity contribution >= 4 is 21.7 Å². The van der Waals surface area contributed by atoms with Crippen LogP contribution in [0.3, 0.4) is 0 Å². The molecule has 112 valence electrons. The molecule has 1 unspecified atom stereocenters. The van der Waals surface area contributed by atoms with Gasteiger partial charge in [-0.2, -0.15) is 5.10 Å². The number of rotatable bonds is 5. The number of hydrogen-bond donors (Lipinski definition) is 1. The highest BCUT2D eigenvalue weighted by Crippen LogP contribution is 2.27. The molecule has 20 heavy (non-hydrogen) atoms. The predicted octanol–water partition coefficient (Wildman–Crippen LogP) is 1.92. The van der Waals surface area contributed by atoms with E-state index in [2.05, 4.69) is 31.2 Å². The Labute approximate surface area is 128 Å². The van der Waals surface area contributed by atoms with E-state index in [1.807, 2.05) is 25.7 Å². The maximum atomic E-state index is 12.9. The number of halogens is 1. The number of hydrogen-bond acceptors (Lipinski definition) is 4. The van der Waals surface area contributed by atoms with Gasteiger partial charge >= 0.3 is 0 Å². The van der Waals surface area contributed by atoms with Crippen LogP contribution in [0.15, 0.2) is 10.7 Å². The summed E-state index contributed by atoms with van der Waals surface area (Å²) in [5.74, 6) is 0.139. The van der Waals surface area contributed by atoms with E-state index < -0.39 is 5.54 Å². The first kappa shape index (κ1) is 15.7. The van der Waals surface area contributed by atoms with Gasteiger partial charge in [0.25, 0.3) is 0 Å². The molecule has 1 saturated heterocycles. The number of carbonyl (C=O) groups excluding carboxylic acids is 1. The third kappa shape index (κ3) is 3.30. The third-order valence-corrected chi connectivity index (χ3v) is 4.47. The van der Waals surface area contributed by atoms with Crippen molar-refractivity contribution in [2.45, 2.75) is 38.3 Å². The van der Waals surface area contributed by atoms with Crippen LogP contribution in [0.4, 0.5) is 0 Å². The van der Waals surface area contributed by atoms with Gasteiger partial charge in [-0.15, -0.1) is 0 Å². The van der Waals surface area contributed by atoms with Crippen LogP contribution in [0.5, 0.6) is 0 Å². The Kier molecular flexibility index (Phi) is 4.99. The van der Waals surface area contributed by atoms with Crippen LogP contribution in [0, 0.1) is 0 Å². The van der Waals surface area contributed by atoms with E-state index >= 15 is 0 Å². The molecule has 1 fully saturated rings. The van der Waals surface area contributed by atoms with Crippen LogP contribution < -0.4 is 5.32 Å². The smallest absolute Gasteiger partial charge is 0.201 e. The van der Waals surface area contributed by atoms with Crippen LogP contribution in [0.2, 0.25) is 0 Å². The molecule has 1 N–H and O–H groups in total. The minimum Gasteiger partial charge on any atom is -0.308 e. The van der Waals surface area contributed by atoms with Crippen LogP contribution in [0.25, 0.3) is 0 Å². The molecule has 0 radical (unpaired) electrons.